The Balaban J connectivity index is 3.56. The molecule has 0 rings (SSSR count). The largest absolute Gasteiger partial charge is 0.320 e. The van der Waals surface area contributed by atoms with Gasteiger partial charge in [-0.15, -0.1) is 0 Å². The van der Waals surface area contributed by atoms with E-state index in [1.54, 1.807) is 6.92 Å². The third-order valence-electron chi connectivity index (χ3n) is 2.19. The van der Waals surface area contributed by atoms with Gasteiger partial charge >= 0.3 is 0 Å². The highest BCUT2D eigenvalue weighted by Crippen LogP contribution is 2.13. The van der Waals surface area contributed by atoms with Crippen LogP contribution in [-0.2, 0) is 4.79 Å². The van der Waals surface area contributed by atoms with Gasteiger partial charge in [0.2, 0.25) is 0 Å². The fraction of sp³-hybridized carbons (Fsp3) is 0.900. The van der Waals surface area contributed by atoms with E-state index in [2.05, 4.69) is 12.2 Å². The minimum atomic E-state index is 0.309. The second-order valence-electron chi connectivity index (χ2n) is 3.34. The summed E-state index contributed by atoms with van der Waals surface area (Å²) in [5, 5.41) is 3.09. The van der Waals surface area contributed by atoms with Crippen molar-refractivity contribution in [3.8, 4) is 0 Å². The van der Waals surface area contributed by atoms with Crippen molar-refractivity contribution in [1.82, 2.24) is 5.32 Å². The molecule has 2 heteroatoms. The predicted molar refractivity (Wildman–Crippen MR) is 52.2 cm³/mol. The van der Waals surface area contributed by atoms with Crippen LogP contribution < -0.4 is 5.32 Å². The number of rotatable bonds is 7. The molecule has 0 saturated carbocycles. The molecule has 2 nitrogen and oxygen atoms in total. The number of carbonyl (C=O) groups is 1. The van der Waals surface area contributed by atoms with Gasteiger partial charge in [0.15, 0.2) is 0 Å². The summed E-state index contributed by atoms with van der Waals surface area (Å²) < 4.78 is 0. The molecule has 0 aliphatic rings. The average Bonchev–Trinajstić information content (AvgIpc) is 2.03. The topological polar surface area (TPSA) is 29.1 Å². The zero-order valence-electron chi connectivity index (χ0n) is 8.52. The summed E-state index contributed by atoms with van der Waals surface area (Å²) in [7, 11) is 1.95. The molecule has 1 unspecified atom stereocenters. The molecule has 0 aliphatic heterocycles. The summed E-state index contributed by atoms with van der Waals surface area (Å²) in [5.41, 5.74) is 0. The maximum Gasteiger partial charge on any atom is 0.132 e. The smallest absolute Gasteiger partial charge is 0.132 e. The molecule has 0 bridgehead atoms. The fourth-order valence-corrected chi connectivity index (χ4v) is 1.42. The van der Waals surface area contributed by atoms with Gasteiger partial charge in [-0.05, 0) is 39.8 Å². The van der Waals surface area contributed by atoms with Crippen LogP contribution in [-0.4, -0.2) is 19.4 Å². The van der Waals surface area contributed by atoms with Crippen molar-refractivity contribution in [3.05, 3.63) is 0 Å². The molecule has 0 aromatic carbocycles. The van der Waals surface area contributed by atoms with Crippen LogP contribution in [0.5, 0.6) is 0 Å². The zero-order chi connectivity index (χ0) is 9.40. The Morgan fingerprint density at radius 3 is 2.50 bits per heavy atom. The van der Waals surface area contributed by atoms with Crippen molar-refractivity contribution >= 4 is 5.78 Å². The van der Waals surface area contributed by atoms with Crippen LogP contribution >= 0.6 is 0 Å². The van der Waals surface area contributed by atoms with Crippen LogP contribution in [0.25, 0.3) is 0 Å². The lowest BCUT2D eigenvalue weighted by molar-refractivity contribution is -0.121. The number of hydrogen-bond acceptors (Lipinski definition) is 2. The van der Waals surface area contributed by atoms with Gasteiger partial charge in [0, 0.05) is 5.92 Å². The first-order valence-electron chi connectivity index (χ1n) is 4.87. The van der Waals surface area contributed by atoms with Gasteiger partial charge in [0.05, 0.1) is 0 Å². The molecule has 0 aromatic rings. The number of carbonyl (C=O) groups excluding carboxylic acids is 1. The first kappa shape index (κ1) is 11.6. The first-order valence-corrected chi connectivity index (χ1v) is 4.87. The molecule has 0 heterocycles. The van der Waals surface area contributed by atoms with Crippen molar-refractivity contribution in [3.63, 3.8) is 0 Å². The molecule has 1 atom stereocenters. The van der Waals surface area contributed by atoms with E-state index < -0.39 is 0 Å². The normalized spacial score (nSPS) is 12.9. The van der Waals surface area contributed by atoms with Gasteiger partial charge in [0.25, 0.3) is 0 Å². The van der Waals surface area contributed by atoms with E-state index >= 15 is 0 Å². The van der Waals surface area contributed by atoms with Crippen LogP contribution in [0.4, 0.5) is 0 Å². The Morgan fingerprint density at radius 1 is 1.42 bits per heavy atom. The van der Waals surface area contributed by atoms with E-state index in [0.29, 0.717) is 11.7 Å². The maximum atomic E-state index is 11.1. The monoisotopic (exact) mass is 171 g/mol. The second-order valence-corrected chi connectivity index (χ2v) is 3.34. The van der Waals surface area contributed by atoms with E-state index in [4.69, 9.17) is 0 Å². The lowest BCUT2D eigenvalue weighted by atomic mass is 9.94. The summed E-state index contributed by atoms with van der Waals surface area (Å²) in [6, 6.07) is 0. The highest BCUT2D eigenvalue weighted by atomic mass is 16.1. The third-order valence-corrected chi connectivity index (χ3v) is 2.19. The quantitative estimate of drug-likeness (QED) is 0.593. The molecule has 0 spiro atoms. The second kappa shape index (κ2) is 7.29. The number of Topliss-reactive ketones (excluding diaryl/α,β-unsaturated/α-hetero) is 1. The molecule has 0 aliphatic carbocycles. The molecule has 12 heavy (non-hydrogen) atoms. The molecule has 1 N–H and O–H groups in total. The van der Waals surface area contributed by atoms with Gasteiger partial charge in [0.1, 0.15) is 5.78 Å². The standard InChI is InChI=1S/C10H21NO/c1-4-6-10(9(2)12)7-5-8-11-3/h10-11H,4-8H2,1-3H3. The van der Waals surface area contributed by atoms with Gasteiger partial charge in [-0.1, -0.05) is 13.3 Å². The lowest BCUT2D eigenvalue weighted by Crippen LogP contribution is -2.14. The Hall–Kier alpha value is -0.370. The fourth-order valence-electron chi connectivity index (χ4n) is 1.42. The molecule has 0 radical (unpaired) electrons. The lowest BCUT2D eigenvalue weighted by Gasteiger charge is -2.11. The van der Waals surface area contributed by atoms with Crippen molar-refractivity contribution in [1.29, 1.82) is 0 Å². The van der Waals surface area contributed by atoms with Crippen LogP contribution in [0.2, 0.25) is 0 Å². The van der Waals surface area contributed by atoms with Gasteiger partial charge in [-0.25, -0.2) is 0 Å². The van der Waals surface area contributed by atoms with Crippen LogP contribution in [0, 0.1) is 5.92 Å². The van der Waals surface area contributed by atoms with Gasteiger partial charge < -0.3 is 5.32 Å². The third kappa shape index (κ3) is 5.30. The number of ketones is 1. The molecule has 0 saturated heterocycles. The molecular weight excluding hydrogens is 150 g/mol. The Morgan fingerprint density at radius 2 is 2.08 bits per heavy atom. The molecule has 0 fully saturated rings. The molecule has 72 valence electrons. The van der Waals surface area contributed by atoms with E-state index in [9.17, 15) is 4.79 Å². The Bertz CT molecular complexity index is 123. The van der Waals surface area contributed by atoms with Gasteiger partial charge in [-0.3, -0.25) is 4.79 Å². The minimum Gasteiger partial charge on any atom is -0.320 e. The average molecular weight is 171 g/mol. The SMILES string of the molecule is CCCC(CCCNC)C(C)=O. The summed E-state index contributed by atoms with van der Waals surface area (Å²) in [6.07, 6.45) is 4.33. The highest BCUT2D eigenvalue weighted by Gasteiger charge is 2.11. The van der Waals surface area contributed by atoms with Crippen LogP contribution in [0.3, 0.4) is 0 Å². The van der Waals surface area contributed by atoms with E-state index in [1.807, 2.05) is 7.05 Å². The number of nitrogens with one attached hydrogen (secondary N) is 1. The summed E-state index contributed by atoms with van der Waals surface area (Å²) in [4.78, 5) is 11.1. The van der Waals surface area contributed by atoms with Crippen molar-refractivity contribution < 1.29 is 4.79 Å². The van der Waals surface area contributed by atoms with Crippen LogP contribution in [0.15, 0.2) is 0 Å². The highest BCUT2D eigenvalue weighted by molar-refractivity contribution is 5.78. The molecular formula is C10H21NO. The van der Waals surface area contributed by atoms with Gasteiger partial charge in [-0.2, -0.15) is 0 Å². The molecule has 0 aromatic heterocycles. The van der Waals surface area contributed by atoms with Crippen molar-refractivity contribution in [2.24, 2.45) is 5.92 Å². The molecule has 0 amide bonds. The number of hydrogen-bond donors (Lipinski definition) is 1. The summed E-state index contributed by atoms with van der Waals surface area (Å²) >= 11 is 0. The summed E-state index contributed by atoms with van der Waals surface area (Å²) in [5.74, 6) is 0.663. The zero-order valence-corrected chi connectivity index (χ0v) is 8.52. The Kier molecular flexibility index (Phi) is 7.06. The van der Waals surface area contributed by atoms with E-state index in [-0.39, 0.29) is 0 Å². The maximum absolute atomic E-state index is 11.1. The van der Waals surface area contributed by atoms with Crippen molar-refractivity contribution in [2.75, 3.05) is 13.6 Å². The predicted octanol–water partition coefficient (Wildman–Crippen LogP) is 1.99. The van der Waals surface area contributed by atoms with E-state index in [0.717, 1.165) is 32.2 Å². The summed E-state index contributed by atoms with van der Waals surface area (Å²) in [6.45, 7) is 4.86. The minimum absolute atomic E-state index is 0.309. The Labute approximate surface area is 75.7 Å². The first-order chi connectivity index (χ1) is 5.72. The van der Waals surface area contributed by atoms with Crippen molar-refractivity contribution in [2.45, 2.75) is 39.5 Å². The van der Waals surface area contributed by atoms with Crippen LogP contribution in [0.1, 0.15) is 39.5 Å². The van der Waals surface area contributed by atoms with E-state index in [1.165, 1.54) is 0 Å².